The maximum absolute atomic E-state index is 12.3. The van der Waals surface area contributed by atoms with Crippen molar-refractivity contribution >= 4 is 56.1 Å². The lowest BCUT2D eigenvalue weighted by atomic mass is 10.1. The third-order valence-corrected chi connectivity index (χ3v) is 5.39. The summed E-state index contributed by atoms with van der Waals surface area (Å²) >= 11 is 4.41. The number of ether oxygens (including phenoxy) is 1. The Morgan fingerprint density at radius 3 is 2.37 bits per heavy atom. The van der Waals surface area contributed by atoms with E-state index in [0.717, 1.165) is 21.4 Å². The molecule has 0 saturated heterocycles. The van der Waals surface area contributed by atoms with E-state index in [1.54, 1.807) is 27.1 Å². The molecule has 0 unspecified atom stereocenters. The van der Waals surface area contributed by atoms with E-state index in [4.69, 9.17) is 4.74 Å². The third-order valence-electron chi connectivity index (χ3n) is 3.67. The third kappa shape index (κ3) is 5.05. The normalized spacial score (nSPS) is 10.7. The number of anilines is 1. The SMILES string of the molecule is COC(=O)c1c(NC(=O)C=Cc2ccc(Br)cc2)sc(C(=O)N(C)C)c1C. The highest BCUT2D eigenvalue weighted by Gasteiger charge is 2.26. The first-order valence-corrected chi connectivity index (χ1v) is 9.53. The molecule has 0 aliphatic heterocycles. The second-order valence-electron chi connectivity index (χ2n) is 5.83. The van der Waals surface area contributed by atoms with Crippen molar-refractivity contribution in [2.45, 2.75) is 6.92 Å². The predicted molar refractivity (Wildman–Crippen MR) is 110 cm³/mol. The Balaban J connectivity index is 2.29. The van der Waals surface area contributed by atoms with Crippen LogP contribution in [0.25, 0.3) is 6.08 Å². The highest BCUT2D eigenvalue weighted by molar-refractivity contribution is 9.10. The lowest BCUT2D eigenvalue weighted by Crippen LogP contribution is -2.21. The number of nitrogens with one attached hydrogen (secondary N) is 1. The van der Waals surface area contributed by atoms with Crippen molar-refractivity contribution in [1.29, 1.82) is 0 Å². The summed E-state index contributed by atoms with van der Waals surface area (Å²) in [5.74, 6) is -1.25. The number of carbonyl (C=O) groups excluding carboxylic acids is 3. The number of carbonyl (C=O) groups is 3. The van der Waals surface area contributed by atoms with Crippen molar-refractivity contribution in [1.82, 2.24) is 4.90 Å². The molecule has 2 aromatic rings. The molecule has 6 nitrogen and oxygen atoms in total. The molecule has 0 aliphatic carbocycles. The molecule has 1 aromatic carbocycles. The van der Waals surface area contributed by atoms with Gasteiger partial charge >= 0.3 is 5.97 Å². The molecule has 27 heavy (non-hydrogen) atoms. The van der Waals surface area contributed by atoms with Crippen molar-refractivity contribution < 1.29 is 19.1 Å². The van der Waals surface area contributed by atoms with Crippen LogP contribution < -0.4 is 5.32 Å². The van der Waals surface area contributed by atoms with Crippen molar-refractivity contribution in [3.05, 3.63) is 56.4 Å². The molecule has 0 saturated carbocycles. The minimum Gasteiger partial charge on any atom is -0.465 e. The fourth-order valence-electron chi connectivity index (χ4n) is 2.26. The van der Waals surface area contributed by atoms with Crippen LogP contribution in [0, 0.1) is 6.92 Å². The van der Waals surface area contributed by atoms with Gasteiger partial charge in [0, 0.05) is 24.6 Å². The molecule has 1 heterocycles. The van der Waals surface area contributed by atoms with Crippen LogP contribution >= 0.6 is 27.3 Å². The van der Waals surface area contributed by atoms with Crippen LogP contribution in [0.1, 0.15) is 31.2 Å². The quantitative estimate of drug-likeness (QED) is 0.552. The number of thiophene rings is 1. The minimum absolute atomic E-state index is 0.193. The molecule has 142 valence electrons. The van der Waals surface area contributed by atoms with Crippen LogP contribution in [0.5, 0.6) is 0 Å². The predicted octanol–water partition coefficient (Wildman–Crippen LogP) is 3.96. The number of methoxy groups -OCH3 is 1. The zero-order chi connectivity index (χ0) is 20.1. The number of halogens is 1. The number of hydrogen-bond donors (Lipinski definition) is 1. The number of esters is 1. The number of rotatable bonds is 5. The molecule has 0 atom stereocenters. The average molecular weight is 451 g/mol. The van der Waals surface area contributed by atoms with Gasteiger partial charge < -0.3 is 15.0 Å². The van der Waals surface area contributed by atoms with Gasteiger partial charge in [0.2, 0.25) is 5.91 Å². The smallest absolute Gasteiger partial charge is 0.341 e. The summed E-state index contributed by atoms with van der Waals surface area (Å²) in [4.78, 5) is 38.5. The highest BCUT2D eigenvalue weighted by Crippen LogP contribution is 2.34. The van der Waals surface area contributed by atoms with Crippen molar-refractivity contribution in [2.75, 3.05) is 26.5 Å². The molecule has 1 N–H and O–H groups in total. The first kappa shape index (κ1) is 20.9. The number of hydrogen-bond acceptors (Lipinski definition) is 5. The molecular formula is C19H19BrN2O4S. The van der Waals surface area contributed by atoms with E-state index in [-0.39, 0.29) is 16.5 Å². The number of amides is 2. The second-order valence-corrected chi connectivity index (χ2v) is 7.76. The van der Waals surface area contributed by atoms with Gasteiger partial charge in [-0.3, -0.25) is 9.59 Å². The molecule has 1 aromatic heterocycles. The molecular weight excluding hydrogens is 432 g/mol. The largest absolute Gasteiger partial charge is 0.465 e. The van der Waals surface area contributed by atoms with Crippen LogP contribution in [0.3, 0.4) is 0 Å². The summed E-state index contributed by atoms with van der Waals surface area (Å²) in [5, 5.41) is 2.96. The molecule has 0 aliphatic rings. The van der Waals surface area contributed by atoms with Gasteiger partial charge in [0.25, 0.3) is 5.91 Å². The summed E-state index contributed by atoms with van der Waals surface area (Å²) < 4.78 is 5.75. The summed E-state index contributed by atoms with van der Waals surface area (Å²) in [5.41, 5.74) is 1.53. The minimum atomic E-state index is -0.603. The van der Waals surface area contributed by atoms with Gasteiger partial charge in [-0.15, -0.1) is 11.3 Å². The summed E-state index contributed by atoms with van der Waals surface area (Å²) in [7, 11) is 4.50. The van der Waals surface area contributed by atoms with Crippen LogP contribution in [0.15, 0.2) is 34.8 Å². The number of nitrogens with zero attached hydrogens (tertiary/aromatic N) is 1. The van der Waals surface area contributed by atoms with Crippen LogP contribution in [0.4, 0.5) is 5.00 Å². The van der Waals surface area contributed by atoms with Gasteiger partial charge in [-0.2, -0.15) is 0 Å². The van der Waals surface area contributed by atoms with Crippen molar-refractivity contribution in [2.24, 2.45) is 0 Å². The Morgan fingerprint density at radius 2 is 1.81 bits per heavy atom. The zero-order valence-electron chi connectivity index (χ0n) is 15.3. The Hall–Kier alpha value is -2.45. The molecule has 8 heteroatoms. The zero-order valence-corrected chi connectivity index (χ0v) is 17.7. The average Bonchev–Trinajstić information content (AvgIpc) is 2.95. The maximum atomic E-state index is 12.3. The Kier molecular flexibility index (Phi) is 6.92. The van der Waals surface area contributed by atoms with Crippen LogP contribution in [0.2, 0.25) is 0 Å². The standard InChI is InChI=1S/C19H19BrN2O4S/c1-11-15(19(25)26-4)17(27-16(11)18(24)22(2)3)21-14(23)10-7-12-5-8-13(20)9-6-12/h5-10H,1-4H3,(H,21,23). The van der Waals surface area contributed by atoms with E-state index in [1.807, 2.05) is 24.3 Å². The van der Waals surface area contributed by atoms with E-state index >= 15 is 0 Å². The highest BCUT2D eigenvalue weighted by atomic mass is 79.9. The molecule has 0 bridgehead atoms. The summed E-state index contributed by atoms with van der Waals surface area (Å²) in [6.07, 6.45) is 3.03. The van der Waals surface area contributed by atoms with Gasteiger partial charge in [-0.05, 0) is 36.3 Å². The van der Waals surface area contributed by atoms with Gasteiger partial charge in [-0.1, -0.05) is 28.1 Å². The molecule has 2 rings (SSSR count). The summed E-state index contributed by atoms with van der Waals surface area (Å²) in [6.45, 7) is 1.66. The van der Waals surface area contributed by atoms with E-state index in [1.165, 1.54) is 18.1 Å². The summed E-state index contributed by atoms with van der Waals surface area (Å²) in [6, 6.07) is 7.46. The Bertz CT molecular complexity index is 901. The van der Waals surface area contributed by atoms with Crippen LogP contribution in [-0.2, 0) is 9.53 Å². The van der Waals surface area contributed by atoms with Crippen molar-refractivity contribution in [3.63, 3.8) is 0 Å². The molecule has 0 fully saturated rings. The number of benzene rings is 1. The lowest BCUT2D eigenvalue weighted by molar-refractivity contribution is -0.111. The van der Waals surface area contributed by atoms with E-state index in [9.17, 15) is 14.4 Å². The van der Waals surface area contributed by atoms with Gasteiger partial charge in [0.05, 0.1) is 17.6 Å². The maximum Gasteiger partial charge on any atom is 0.341 e. The van der Waals surface area contributed by atoms with Gasteiger partial charge in [-0.25, -0.2) is 4.79 Å². The topological polar surface area (TPSA) is 75.7 Å². The second kappa shape index (κ2) is 8.96. The first-order valence-electron chi connectivity index (χ1n) is 7.92. The Morgan fingerprint density at radius 1 is 1.19 bits per heavy atom. The fourth-order valence-corrected chi connectivity index (χ4v) is 3.74. The van der Waals surface area contributed by atoms with E-state index < -0.39 is 11.9 Å². The molecule has 0 radical (unpaired) electrons. The van der Waals surface area contributed by atoms with Gasteiger partial charge in [0.1, 0.15) is 5.00 Å². The fraction of sp³-hybridized carbons (Fsp3) is 0.211. The molecule has 2 amide bonds. The monoisotopic (exact) mass is 450 g/mol. The van der Waals surface area contributed by atoms with E-state index in [0.29, 0.717) is 10.4 Å². The van der Waals surface area contributed by atoms with Crippen LogP contribution in [-0.4, -0.2) is 43.9 Å². The van der Waals surface area contributed by atoms with Crippen molar-refractivity contribution in [3.8, 4) is 0 Å². The molecule has 0 spiro atoms. The Labute approximate surface area is 169 Å². The van der Waals surface area contributed by atoms with Gasteiger partial charge in [0.15, 0.2) is 0 Å². The first-order chi connectivity index (χ1) is 12.7. The van der Waals surface area contributed by atoms with E-state index in [2.05, 4.69) is 21.2 Å². The lowest BCUT2D eigenvalue weighted by Gasteiger charge is -2.08.